The van der Waals surface area contributed by atoms with Crippen LogP contribution >= 0.6 is 0 Å². The Hall–Kier alpha value is -3.28. The average Bonchev–Trinajstić information content (AvgIpc) is 2.85. The van der Waals surface area contributed by atoms with Gasteiger partial charge in [-0.1, -0.05) is 0 Å². The van der Waals surface area contributed by atoms with Gasteiger partial charge in [0.25, 0.3) is 5.91 Å². The summed E-state index contributed by atoms with van der Waals surface area (Å²) in [6.07, 6.45) is 0.803. The monoisotopic (exact) mass is 351 g/mol. The van der Waals surface area contributed by atoms with Crippen LogP contribution in [0.2, 0.25) is 0 Å². The summed E-state index contributed by atoms with van der Waals surface area (Å²) < 4.78 is 16.4. The second-order valence-corrected chi connectivity index (χ2v) is 6.13. The first-order chi connectivity index (χ1) is 12.6. The van der Waals surface area contributed by atoms with E-state index in [-0.39, 0.29) is 5.91 Å². The maximum Gasteiger partial charge on any atom is 0.336 e. The summed E-state index contributed by atoms with van der Waals surface area (Å²) in [7, 11) is 0. The fraction of sp³-hybridized carbons (Fsp3) is 0.200. The van der Waals surface area contributed by atoms with E-state index in [1.807, 2.05) is 13.0 Å². The molecule has 4 rings (SSSR count). The fourth-order valence-electron chi connectivity index (χ4n) is 2.91. The van der Waals surface area contributed by atoms with Gasteiger partial charge in [-0.25, -0.2) is 4.79 Å². The first kappa shape index (κ1) is 16.2. The lowest BCUT2D eigenvalue weighted by Crippen LogP contribution is -2.12. The van der Waals surface area contributed by atoms with Crippen LogP contribution in [-0.2, 0) is 0 Å². The average molecular weight is 351 g/mol. The molecule has 1 aliphatic heterocycles. The number of benzene rings is 2. The van der Waals surface area contributed by atoms with Gasteiger partial charge in [0.05, 0.1) is 13.2 Å². The third kappa shape index (κ3) is 3.13. The largest absolute Gasteiger partial charge is 0.490 e. The molecule has 1 aromatic heterocycles. The van der Waals surface area contributed by atoms with Gasteiger partial charge in [0.15, 0.2) is 11.5 Å². The van der Waals surface area contributed by atoms with Gasteiger partial charge in [-0.05, 0) is 42.8 Å². The van der Waals surface area contributed by atoms with Gasteiger partial charge < -0.3 is 19.2 Å². The van der Waals surface area contributed by atoms with E-state index in [1.165, 1.54) is 6.07 Å². The topological polar surface area (TPSA) is 77.8 Å². The second-order valence-electron chi connectivity index (χ2n) is 6.13. The van der Waals surface area contributed by atoms with Gasteiger partial charge in [-0.3, -0.25) is 4.79 Å². The SMILES string of the molecule is Cc1cc(=O)oc2cc(NC(=O)c3ccc4c(c3)OCCCO4)ccc12. The van der Waals surface area contributed by atoms with Crippen molar-refractivity contribution < 1.29 is 18.7 Å². The lowest BCUT2D eigenvalue weighted by molar-refractivity contribution is 0.102. The number of fused-ring (bicyclic) bond motifs is 2. The van der Waals surface area contributed by atoms with Crippen molar-refractivity contribution >= 4 is 22.6 Å². The van der Waals surface area contributed by atoms with Crippen LogP contribution in [0.25, 0.3) is 11.0 Å². The van der Waals surface area contributed by atoms with E-state index in [0.29, 0.717) is 41.5 Å². The zero-order chi connectivity index (χ0) is 18.1. The predicted octanol–water partition coefficient (Wildman–Crippen LogP) is 3.52. The van der Waals surface area contributed by atoms with Crippen molar-refractivity contribution in [3.63, 3.8) is 0 Å². The van der Waals surface area contributed by atoms with Crippen molar-refractivity contribution in [3.05, 3.63) is 64.0 Å². The minimum Gasteiger partial charge on any atom is -0.490 e. The molecule has 3 aromatic rings. The zero-order valence-corrected chi connectivity index (χ0v) is 14.2. The number of nitrogens with one attached hydrogen (secondary N) is 1. The number of rotatable bonds is 2. The molecule has 6 nitrogen and oxygen atoms in total. The van der Waals surface area contributed by atoms with Gasteiger partial charge in [-0.15, -0.1) is 0 Å². The molecule has 0 saturated carbocycles. The molecule has 2 heterocycles. The molecule has 132 valence electrons. The Balaban J connectivity index is 1.61. The summed E-state index contributed by atoms with van der Waals surface area (Å²) in [5.41, 5.74) is 1.85. The van der Waals surface area contributed by atoms with E-state index in [1.54, 1.807) is 30.3 Å². The summed E-state index contributed by atoms with van der Waals surface area (Å²) >= 11 is 0. The second kappa shape index (κ2) is 6.55. The molecule has 0 saturated heterocycles. The predicted molar refractivity (Wildman–Crippen MR) is 97.2 cm³/mol. The van der Waals surface area contributed by atoms with Gasteiger partial charge in [0, 0.05) is 35.2 Å². The third-order valence-electron chi connectivity index (χ3n) is 4.22. The molecule has 0 radical (unpaired) electrons. The fourth-order valence-corrected chi connectivity index (χ4v) is 2.91. The number of ether oxygens (including phenoxy) is 2. The van der Waals surface area contributed by atoms with E-state index in [9.17, 15) is 9.59 Å². The van der Waals surface area contributed by atoms with Crippen molar-refractivity contribution in [1.29, 1.82) is 0 Å². The van der Waals surface area contributed by atoms with Crippen LogP contribution in [-0.4, -0.2) is 19.1 Å². The molecule has 0 spiro atoms. The number of aryl methyl sites for hydroxylation is 1. The normalized spacial score (nSPS) is 13.3. The molecule has 2 aromatic carbocycles. The molecule has 6 heteroatoms. The van der Waals surface area contributed by atoms with Gasteiger partial charge >= 0.3 is 5.63 Å². The van der Waals surface area contributed by atoms with E-state index in [0.717, 1.165) is 17.4 Å². The van der Waals surface area contributed by atoms with Gasteiger partial charge in [0.1, 0.15) is 5.58 Å². The summed E-state index contributed by atoms with van der Waals surface area (Å²) in [6.45, 7) is 3.00. The highest BCUT2D eigenvalue weighted by atomic mass is 16.5. The van der Waals surface area contributed by atoms with Crippen molar-refractivity contribution in [2.45, 2.75) is 13.3 Å². The van der Waals surface area contributed by atoms with Crippen LogP contribution in [0.15, 0.2) is 51.7 Å². The Kier molecular flexibility index (Phi) is 4.08. The number of hydrogen-bond acceptors (Lipinski definition) is 5. The summed E-state index contributed by atoms with van der Waals surface area (Å²) in [5, 5.41) is 3.65. The smallest absolute Gasteiger partial charge is 0.336 e. The van der Waals surface area contributed by atoms with Crippen LogP contribution in [0, 0.1) is 6.92 Å². The molecular weight excluding hydrogens is 334 g/mol. The highest BCUT2D eigenvalue weighted by molar-refractivity contribution is 6.05. The van der Waals surface area contributed by atoms with E-state index in [4.69, 9.17) is 13.9 Å². The van der Waals surface area contributed by atoms with Crippen LogP contribution in [0.3, 0.4) is 0 Å². The number of carbonyl (C=O) groups is 1. The standard InChI is InChI=1S/C20H17NO5/c1-12-9-19(22)26-17-11-14(4-5-15(12)17)21-20(23)13-3-6-16-18(10-13)25-8-2-7-24-16/h3-6,9-11H,2,7-8H2,1H3,(H,21,23). The molecule has 0 atom stereocenters. The molecule has 0 aliphatic carbocycles. The Morgan fingerprint density at radius 2 is 1.81 bits per heavy atom. The molecule has 0 bridgehead atoms. The Morgan fingerprint density at radius 1 is 1.00 bits per heavy atom. The summed E-state index contributed by atoms with van der Waals surface area (Å²) in [4.78, 5) is 24.1. The third-order valence-corrected chi connectivity index (χ3v) is 4.22. The number of hydrogen-bond donors (Lipinski definition) is 1. The summed E-state index contributed by atoms with van der Waals surface area (Å²) in [6, 6.07) is 11.8. The number of carbonyl (C=O) groups excluding carboxylic acids is 1. The zero-order valence-electron chi connectivity index (χ0n) is 14.2. The lowest BCUT2D eigenvalue weighted by atomic mass is 10.1. The number of anilines is 1. The quantitative estimate of drug-likeness (QED) is 0.715. The maximum absolute atomic E-state index is 12.6. The molecular formula is C20H17NO5. The van der Waals surface area contributed by atoms with Crippen LogP contribution in [0.4, 0.5) is 5.69 Å². The summed E-state index contributed by atoms with van der Waals surface area (Å²) in [5.74, 6) is 0.923. The Morgan fingerprint density at radius 3 is 2.65 bits per heavy atom. The molecule has 1 amide bonds. The molecule has 26 heavy (non-hydrogen) atoms. The first-order valence-electron chi connectivity index (χ1n) is 8.36. The first-order valence-corrected chi connectivity index (χ1v) is 8.36. The maximum atomic E-state index is 12.6. The molecule has 1 aliphatic rings. The van der Waals surface area contributed by atoms with Crippen molar-refractivity contribution in [1.82, 2.24) is 0 Å². The van der Waals surface area contributed by atoms with Gasteiger partial charge in [-0.2, -0.15) is 0 Å². The van der Waals surface area contributed by atoms with Crippen molar-refractivity contribution in [2.75, 3.05) is 18.5 Å². The van der Waals surface area contributed by atoms with Crippen molar-refractivity contribution in [2.24, 2.45) is 0 Å². The van der Waals surface area contributed by atoms with Gasteiger partial charge in [0.2, 0.25) is 0 Å². The number of amides is 1. The molecule has 0 fully saturated rings. The van der Waals surface area contributed by atoms with Crippen LogP contribution in [0.5, 0.6) is 11.5 Å². The Labute approximate surface area is 149 Å². The van der Waals surface area contributed by atoms with E-state index < -0.39 is 5.63 Å². The minimum absolute atomic E-state index is 0.282. The van der Waals surface area contributed by atoms with E-state index in [2.05, 4.69) is 5.32 Å². The molecule has 0 unspecified atom stereocenters. The van der Waals surface area contributed by atoms with Crippen LogP contribution in [0.1, 0.15) is 22.3 Å². The lowest BCUT2D eigenvalue weighted by Gasteiger charge is -2.10. The molecule has 1 N–H and O–H groups in total. The highest BCUT2D eigenvalue weighted by Gasteiger charge is 2.14. The van der Waals surface area contributed by atoms with Crippen molar-refractivity contribution in [3.8, 4) is 11.5 Å². The van der Waals surface area contributed by atoms with E-state index >= 15 is 0 Å². The minimum atomic E-state index is -0.415. The van der Waals surface area contributed by atoms with Crippen LogP contribution < -0.4 is 20.4 Å². The Bertz CT molecular complexity index is 1050. The highest BCUT2D eigenvalue weighted by Crippen LogP contribution is 2.30.